The van der Waals surface area contributed by atoms with Crippen LogP contribution in [0.5, 0.6) is 0 Å². The Hall–Kier alpha value is -1.94. The van der Waals surface area contributed by atoms with Gasteiger partial charge in [0.15, 0.2) is 0 Å². The number of rotatable bonds is 2. The zero-order valence-electron chi connectivity index (χ0n) is 10.4. The van der Waals surface area contributed by atoms with E-state index in [2.05, 4.69) is 39.1 Å². The molecule has 3 rings (SSSR count). The first-order valence-electron chi connectivity index (χ1n) is 6.18. The van der Waals surface area contributed by atoms with Crippen LogP contribution in [0, 0.1) is 6.92 Å². The maximum atomic E-state index is 5.67. The molecule has 0 fully saturated rings. The van der Waals surface area contributed by atoms with Gasteiger partial charge in [0.2, 0.25) is 5.95 Å². The SMILES string of the molecule is Cc1cc(CN)nc(N2CCc3ccccc32)n1. The minimum atomic E-state index is 0.450. The van der Waals surface area contributed by atoms with E-state index < -0.39 is 0 Å². The van der Waals surface area contributed by atoms with Gasteiger partial charge in [-0.15, -0.1) is 0 Å². The van der Waals surface area contributed by atoms with Crippen LogP contribution in [0.25, 0.3) is 0 Å². The molecule has 0 amide bonds. The van der Waals surface area contributed by atoms with Crippen LogP contribution in [0.1, 0.15) is 17.0 Å². The fourth-order valence-corrected chi connectivity index (χ4v) is 2.39. The summed E-state index contributed by atoms with van der Waals surface area (Å²) in [5, 5.41) is 0. The van der Waals surface area contributed by atoms with Crippen LogP contribution in [0.15, 0.2) is 30.3 Å². The van der Waals surface area contributed by atoms with E-state index in [4.69, 9.17) is 5.73 Å². The van der Waals surface area contributed by atoms with Gasteiger partial charge >= 0.3 is 0 Å². The highest BCUT2D eigenvalue weighted by Crippen LogP contribution is 2.32. The zero-order valence-corrected chi connectivity index (χ0v) is 10.4. The molecule has 0 saturated carbocycles. The molecule has 0 spiro atoms. The molecule has 92 valence electrons. The summed E-state index contributed by atoms with van der Waals surface area (Å²) in [6.45, 7) is 3.37. The van der Waals surface area contributed by atoms with Crippen molar-refractivity contribution >= 4 is 11.6 Å². The molecule has 1 aromatic carbocycles. The standard InChI is InChI=1S/C14H16N4/c1-10-8-12(9-15)17-14(16-10)18-7-6-11-4-2-3-5-13(11)18/h2-5,8H,6-7,9,15H2,1H3. The lowest BCUT2D eigenvalue weighted by Gasteiger charge is -2.18. The Morgan fingerprint density at radius 2 is 2.11 bits per heavy atom. The molecule has 18 heavy (non-hydrogen) atoms. The number of hydrogen-bond donors (Lipinski definition) is 1. The number of nitrogens with zero attached hydrogens (tertiary/aromatic N) is 3. The molecule has 0 unspecified atom stereocenters. The topological polar surface area (TPSA) is 55.0 Å². The van der Waals surface area contributed by atoms with Crippen molar-refractivity contribution in [3.05, 3.63) is 47.3 Å². The molecule has 0 atom stereocenters. The summed E-state index contributed by atoms with van der Waals surface area (Å²) in [6, 6.07) is 10.3. The second-order valence-corrected chi connectivity index (χ2v) is 4.54. The Morgan fingerprint density at radius 3 is 2.94 bits per heavy atom. The van der Waals surface area contributed by atoms with Crippen molar-refractivity contribution in [1.82, 2.24) is 9.97 Å². The summed E-state index contributed by atoms with van der Waals surface area (Å²) in [5.74, 6) is 0.764. The smallest absolute Gasteiger partial charge is 0.230 e. The van der Waals surface area contributed by atoms with E-state index in [0.29, 0.717) is 6.54 Å². The maximum absolute atomic E-state index is 5.67. The first-order valence-corrected chi connectivity index (χ1v) is 6.18. The number of hydrogen-bond acceptors (Lipinski definition) is 4. The van der Waals surface area contributed by atoms with Crippen LogP contribution in [0.3, 0.4) is 0 Å². The molecule has 2 N–H and O–H groups in total. The largest absolute Gasteiger partial charge is 0.325 e. The molecule has 0 aliphatic carbocycles. The maximum Gasteiger partial charge on any atom is 0.230 e. The van der Waals surface area contributed by atoms with Gasteiger partial charge < -0.3 is 10.6 Å². The average molecular weight is 240 g/mol. The Kier molecular flexibility index (Phi) is 2.72. The molecule has 1 aliphatic heterocycles. The van der Waals surface area contributed by atoms with Crippen molar-refractivity contribution in [3.8, 4) is 0 Å². The van der Waals surface area contributed by atoms with E-state index in [1.54, 1.807) is 0 Å². The molecule has 0 bridgehead atoms. The predicted octanol–water partition coefficient (Wildman–Crippen LogP) is 1.94. The lowest BCUT2D eigenvalue weighted by molar-refractivity contribution is 0.888. The number of aromatic nitrogens is 2. The first-order chi connectivity index (χ1) is 8.78. The fraction of sp³-hybridized carbons (Fsp3) is 0.286. The third kappa shape index (κ3) is 1.84. The molecule has 2 heterocycles. The van der Waals surface area contributed by atoms with Gasteiger partial charge in [-0.3, -0.25) is 0 Å². The predicted molar refractivity (Wildman–Crippen MR) is 71.8 cm³/mol. The Morgan fingerprint density at radius 1 is 1.28 bits per heavy atom. The Labute approximate surface area is 106 Å². The molecule has 1 aromatic heterocycles. The molecule has 1 aliphatic rings. The van der Waals surface area contributed by atoms with E-state index in [1.807, 2.05) is 13.0 Å². The van der Waals surface area contributed by atoms with Gasteiger partial charge in [0, 0.05) is 24.5 Å². The van der Waals surface area contributed by atoms with Crippen LogP contribution >= 0.6 is 0 Å². The van der Waals surface area contributed by atoms with Gasteiger partial charge in [0.05, 0.1) is 5.69 Å². The number of anilines is 2. The third-order valence-corrected chi connectivity index (χ3v) is 3.23. The van der Waals surface area contributed by atoms with Gasteiger partial charge in [0.1, 0.15) is 0 Å². The minimum Gasteiger partial charge on any atom is -0.325 e. The van der Waals surface area contributed by atoms with Gasteiger partial charge in [0.25, 0.3) is 0 Å². The normalized spacial score (nSPS) is 13.8. The highest BCUT2D eigenvalue weighted by Gasteiger charge is 2.22. The third-order valence-electron chi connectivity index (χ3n) is 3.23. The van der Waals surface area contributed by atoms with E-state index >= 15 is 0 Å². The summed E-state index contributed by atoms with van der Waals surface area (Å²) in [6.07, 6.45) is 1.05. The number of fused-ring (bicyclic) bond motifs is 1. The van der Waals surface area contributed by atoms with Gasteiger partial charge in [-0.2, -0.15) is 0 Å². The number of nitrogens with two attached hydrogens (primary N) is 1. The van der Waals surface area contributed by atoms with Crippen molar-refractivity contribution in [2.24, 2.45) is 5.73 Å². The zero-order chi connectivity index (χ0) is 12.5. The van der Waals surface area contributed by atoms with Crippen LogP contribution in [0.4, 0.5) is 11.6 Å². The summed E-state index contributed by atoms with van der Waals surface area (Å²) in [7, 11) is 0. The van der Waals surface area contributed by atoms with E-state index in [0.717, 1.165) is 30.3 Å². The summed E-state index contributed by atoms with van der Waals surface area (Å²) in [5.41, 5.74) is 10.1. The van der Waals surface area contributed by atoms with Gasteiger partial charge in [-0.05, 0) is 31.0 Å². The Balaban J connectivity index is 2.04. The number of aryl methyl sites for hydroxylation is 1. The van der Waals surface area contributed by atoms with Crippen molar-refractivity contribution < 1.29 is 0 Å². The van der Waals surface area contributed by atoms with E-state index in [-0.39, 0.29) is 0 Å². The van der Waals surface area contributed by atoms with Crippen molar-refractivity contribution in [2.45, 2.75) is 19.9 Å². The number of para-hydroxylation sites is 1. The van der Waals surface area contributed by atoms with Crippen molar-refractivity contribution in [2.75, 3.05) is 11.4 Å². The highest BCUT2D eigenvalue weighted by molar-refractivity contribution is 5.65. The molecule has 4 nitrogen and oxygen atoms in total. The second kappa shape index (κ2) is 4.38. The van der Waals surface area contributed by atoms with E-state index in [1.165, 1.54) is 11.3 Å². The summed E-state index contributed by atoms with van der Waals surface area (Å²) in [4.78, 5) is 11.2. The summed E-state index contributed by atoms with van der Waals surface area (Å²) < 4.78 is 0. The quantitative estimate of drug-likeness (QED) is 0.871. The van der Waals surface area contributed by atoms with Crippen LogP contribution in [-0.4, -0.2) is 16.5 Å². The van der Waals surface area contributed by atoms with E-state index in [9.17, 15) is 0 Å². The van der Waals surface area contributed by atoms with Crippen molar-refractivity contribution in [3.63, 3.8) is 0 Å². The van der Waals surface area contributed by atoms with Crippen LogP contribution < -0.4 is 10.6 Å². The molecular formula is C14H16N4. The van der Waals surface area contributed by atoms with Crippen molar-refractivity contribution in [1.29, 1.82) is 0 Å². The Bertz CT molecular complexity index is 580. The highest BCUT2D eigenvalue weighted by atomic mass is 15.3. The molecule has 4 heteroatoms. The summed E-state index contributed by atoms with van der Waals surface area (Å²) >= 11 is 0. The lowest BCUT2D eigenvalue weighted by Crippen LogP contribution is -2.18. The lowest BCUT2D eigenvalue weighted by atomic mass is 10.2. The molecule has 0 saturated heterocycles. The fourth-order valence-electron chi connectivity index (χ4n) is 2.39. The molecule has 2 aromatic rings. The average Bonchev–Trinajstić information content (AvgIpc) is 2.81. The van der Waals surface area contributed by atoms with Crippen LogP contribution in [-0.2, 0) is 13.0 Å². The van der Waals surface area contributed by atoms with Gasteiger partial charge in [-0.25, -0.2) is 9.97 Å². The first kappa shape index (κ1) is 11.2. The van der Waals surface area contributed by atoms with Gasteiger partial charge in [-0.1, -0.05) is 18.2 Å². The minimum absolute atomic E-state index is 0.450. The molecular weight excluding hydrogens is 224 g/mol. The molecule has 0 radical (unpaired) electrons. The second-order valence-electron chi connectivity index (χ2n) is 4.54. The van der Waals surface area contributed by atoms with Crippen LogP contribution in [0.2, 0.25) is 0 Å². The number of benzene rings is 1. The monoisotopic (exact) mass is 240 g/mol.